The standard InChI is InChI=1S/C19H26N2O5.C18H26N2O4.CH4/c1-19(2,3)26-18(23)21-9-8-15(21)13-25-16-10-14(11-20-12-16)6-5-7-17(22)24-4;1-18(2,3)24-17(22)20-8-7-15(20)13-23-16-10-14(11-19-12-16)6-4-5-9-21;/h5,7,10-12,15H,6,8-9,13H2,1-4H3;4-5,10-12,15,21H,6-9,13H2,1-3H3;1H4/b7-5+;5-4+;/t2*15-;/m00./s1. The summed E-state index contributed by atoms with van der Waals surface area (Å²) in [6.45, 7) is 13.4. The number of ether oxygens (including phenoxy) is 5. The zero-order chi connectivity index (χ0) is 36.7. The Kier molecular flexibility index (Phi) is 16.9. The van der Waals surface area contributed by atoms with E-state index in [9.17, 15) is 14.4 Å². The van der Waals surface area contributed by atoms with E-state index in [-0.39, 0.29) is 38.3 Å². The van der Waals surface area contributed by atoms with E-state index in [4.69, 9.17) is 24.1 Å². The van der Waals surface area contributed by atoms with Crippen LogP contribution in [0.5, 0.6) is 11.5 Å². The number of methoxy groups -OCH3 is 1. The number of hydrogen-bond donors (Lipinski definition) is 1. The molecule has 0 unspecified atom stereocenters. The molecule has 51 heavy (non-hydrogen) atoms. The van der Waals surface area contributed by atoms with Crippen molar-refractivity contribution in [1.29, 1.82) is 0 Å². The van der Waals surface area contributed by atoms with Crippen LogP contribution in [0.15, 0.2) is 61.2 Å². The molecule has 2 amide bonds. The summed E-state index contributed by atoms with van der Waals surface area (Å²) in [6.07, 6.45) is 15.9. The van der Waals surface area contributed by atoms with E-state index in [2.05, 4.69) is 14.7 Å². The second kappa shape index (κ2) is 20.3. The van der Waals surface area contributed by atoms with E-state index in [0.717, 1.165) is 24.0 Å². The monoisotopic (exact) mass is 712 g/mol. The number of rotatable bonds is 12. The number of aliphatic hydroxyl groups excluding tert-OH is 1. The summed E-state index contributed by atoms with van der Waals surface area (Å²) in [4.78, 5) is 46.9. The van der Waals surface area contributed by atoms with E-state index in [1.54, 1.807) is 46.7 Å². The number of likely N-dealkylation sites (tertiary alicyclic amines) is 2. The van der Waals surface area contributed by atoms with Crippen LogP contribution in [0.25, 0.3) is 0 Å². The molecule has 2 aliphatic rings. The average molecular weight is 713 g/mol. The molecule has 2 saturated heterocycles. The fourth-order valence-corrected chi connectivity index (χ4v) is 4.70. The van der Waals surface area contributed by atoms with Crippen LogP contribution in [0.1, 0.15) is 72.9 Å². The van der Waals surface area contributed by atoms with Gasteiger partial charge in [0.15, 0.2) is 0 Å². The van der Waals surface area contributed by atoms with Crippen molar-refractivity contribution in [2.45, 2.75) is 97.9 Å². The normalized spacial score (nSPS) is 16.9. The first-order valence-corrected chi connectivity index (χ1v) is 16.8. The summed E-state index contributed by atoms with van der Waals surface area (Å²) in [7, 11) is 1.34. The lowest BCUT2D eigenvalue weighted by Crippen LogP contribution is -2.55. The van der Waals surface area contributed by atoms with Crippen LogP contribution in [0.2, 0.25) is 0 Å². The summed E-state index contributed by atoms with van der Waals surface area (Å²) in [5.41, 5.74) is 0.932. The number of carbonyl (C=O) groups is 3. The minimum atomic E-state index is -0.506. The van der Waals surface area contributed by atoms with Crippen molar-refractivity contribution in [3.8, 4) is 11.5 Å². The van der Waals surface area contributed by atoms with Gasteiger partial charge in [-0.15, -0.1) is 0 Å². The van der Waals surface area contributed by atoms with E-state index >= 15 is 0 Å². The summed E-state index contributed by atoms with van der Waals surface area (Å²) in [6, 6.07) is 3.83. The molecule has 0 spiro atoms. The van der Waals surface area contributed by atoms with Crippen molar-refractivity contribution in [3.63, 3.8) is 0 Å². The van der Waals surface area contributed by atoms with Crippen LogP contribution in [-0.4, -0.2) is 106 Å². The largest absolute Gasteiger partial charge is 0.490 e. The van der Waals surface area contributed by atoms with Crippen LogP contribution in [0.3, 0.4) is 0 Å². The zero-order valence-electron chi connectivity index (χ0n) is 30.3. The second-order valence-electron chi connectivity index (χ2n) is 13.9. The van der Waals surface area contributed by atoms with Gasteiger partial charge in [0.2, 0.25) is 0 Å². The van der Waals surface area contributed by atoms with Crippen molar-refractivity contribution in [3.05, 3.63) is 72.4 Å². The van der Waals surface area contributed by atoms with Crippen LogP contribution in [-0.2, 0) is 31.8 Å². The molecule has 1 N–H and O–H groups in total. The smallest absolute Gasteiger partial charge is 0.410 e. The van der Waals surface area contributed by atoms with Gasteiger partial charge in [-0.2, -0.15) is 0 Å². The number of esters is 1. The van der Waals surface area contributed by atoms with Crippen molar-refractivity contribution >= 4 is 18.2 Å². The van der Waals surface area contributed by atoms with Gasteiger partial charge in [0.1, 0.15) is 35.9 Å². The number of hydrogen-bond acceptors (Lipinski definition) is 11. The molecule has 13 heteroatoms. The molecule has 2 fully saturated rings. The van der Waals surface area contributed by atoms with Crippen molar-refractivity contribution in [2.75, 3.05) is 40.0 Å². The Hall–Kier alpha value is -4.65. The van der Waals surface area contributed by atoms with E-state index < -0.39 is 17.2 Å². The molecule has 2 atom stereocenters. The Balaban J connectivity index is 0.000000348. The summed E-state index contributed by atoms with van der Waals surface area (Å²) < 4.78 is 26.9. The maximum Gasteiger partial charge on any atom is 0.410 e. The topological polar surface area (TPSA) is 150 Å². The van der Waals surface area contributed by atoms with Crippen LogP contribution in [0, 0.1) is 0 Å². The Morgan fingerprint density at radius 2 is 1.22 bits per heavy atom. The van der Waals surface area contributed by atoms with Gasteiger partial charge in [0, 0.05) is 31.6 Å². The van der Waals surface area contributed by atoms with Gasteiger partial charge < -0.3 is 38.6 Å². The van der Waals surface area contributed by atoms with Gasteiger partial charge in [-0.05, 0) is 90.5 Å². The van der Waals surface area contributed by atoms with Gasteiger partial charge in [-0.1, -0.05) is 25.7 Å². The molecule has 282 valence electrons. The van der Waals surface area contributed by atoms with Crippen LogP contribution >= 0.6 is 0 Å². The van der Waals surface area contributed by atoms with E-state index in [0.29, 0.717) is 50.6 Å². The number of carbonyl (C=O) groups excluding carboxylic acids is 3. The zero-order valence-corrected chi connectivity index (χ0v) is 30.3. The van der Waals surface area contributed by atoms with Gasteiger partial charge >= 0.3 is 18.2 Å². The highest BCUT2D eigenvalue weighted by molar-refractivity contribution is 5.81. The molecule has 0 radical (unpaired) electrons. The predicted octanol–water partition coefficient (Wildman–Crippen LogP) is 5.94. The Bertz CT molecular complexity index is 1470. The maximum atomic E-state index is 12.1. The molecule has 2 aliphatic heterocycles. The first-order chi connectivity index (χ1) is 23.7. The molecule has 0 aromatic carbocycles. The van der Waals surface area contributed by atoms with Crippen molar-refractivity contribution in [1.82, 2.24) is 19.8 Å². The number of nitrogens with zero attached hydrogens (tertiary/aromatic N) is 4. The molecule has 0 saturated carbocycles. The molecular weight excluding hydrogens is 656 g/mol. The fraction of sp³-hybridized carbons (Fsp3) is 0.553. The molecular formula is C38H56N4O9. The van der Waals surface area contributed by atoms with Gasteiger partial charge in [0.25, 0.3) is 0 Å². The second-order valence-corrected chi connectivity index (χ2v) is 13.9. The summed E-state index contributed by atoms with van der Waals surface area (Å²) >= 11 is 0. The maximum absolute atomic E-state index is 12.1. The lowest BCUT2D eigenvalue weighted by Gasteiger charge is -2.41. The highest BCUT2D eigenvalue weighted by Crippen LogP contribution is 2.24. The Morgan fingerprint density at radius 1 is 0.765 bits per heavy atom. The van der Waals surface area contributed by atoms with Crippen molar-refractivity contribution in [2.24, 2.45) is 0 Å². The Morgan fingerprint density at radius 3 is 1.59 bits per heavy atom. The van der Waals surface area contributed by atoms with Crippen molar-refractivity contribution < 1.29 is 43.2 Å². The predicted molar refractivity (Wildman–Crippen MR) is 194 cm³/mol. The summed E-state index contributed by atoms with van der Waals surface area (Å²) in [5.74, 6) is 0.920. The number of amides is 2. The molecule has 2 aromatic heterocycles. The minimum Gasteiger partial charge on any atom is -0.490 e. The number of pyridine rings is 2. The number of aliphatic hydroxyl groups is 1. The SMILES string of the molecule is C.CC(C)(C)OC(=O)N1CC[C@H]1COc1cncc(C/C=C/CO)c1.COC(=O)/C=C/Cc1cncc(OC[C@@H]2CCN2C(=O)OC(C)(C)C)c1. The quantitative estimate of drug-likeness (QED) is 0.121. The number of aromatic nitrogens is 2. The fourth-order valence-electron chi connectivity index (χ4n) is 4.70. The van der Waals surface area contributed by atoms with E-state index in [1.807, 2.05) is 59.8 Å². The van der Waals surface area contributed by atoms with E-state index in [1.165, 1.54) is 13.2 Å². The highest BCUT2D eigenvalue weighted by Gasteiger charge is 2.36. The molecule has 2 aromatic rings. The first kappa shape index (κ1) is 42.5. The third-order valence-electron chi connectivity index (χ3n) is 7.40. The van der Waals surface area contributed by atoms with Gasteiger partial charge in [0.05, 0.1) is 38.2 Å². The minimum absolute atomic E-state index is 0. The highest BCUT2D eigenvalue weighted by atomic mass is 16.6. The molecule has 13 nitrogen and oxygen atoms in total. The lowest BCUT2D eigenvalue weighted by molar-refractivity contribution is -0.134. The van der Waals surface area contributed by atoms with Gasteiger partial charge in [-0.3, -0.25) is 9.97 Å². The summed E-state index contributed by atoms with van der Waals surface area (Å²) in [5, 5.41) is 8.75. The molecule has 0 aliphatic carbocycles. The van der Waals surface area contributed by atoms with Gasteiger partial charge in [-0.25, -0.2) is 14.4 Å². The number of allylic oxidation sites excluding steroid dienone is 2. The lowest BCUT2D eigenvalue weighted by atomic mass is 10.1. The molecule has 4 heterocycles. The third-order valence-corrected chi connectivity index (χ3v) is 7.40. The first-order valence-electron chi connectivity index (χ1n) is 16.8. The average Bonchev–Trinajstić information content (AvgIpc) is 2.99. The third kappa shape index (κ3) is 15.4. The van der Waals surface area contributed by atoms with Crippen LogP contribution < -0.4 is 9.47 Å². The van der Waals surface area contributed by atoms with Crippen LogP contribution in [0.4, 0.5) is 9.59 Å². The Labute approximate surface area is 302 Å². The molecule has 0 bridgehead atoms. The molecule has 4 rings (SSSR count).